The Morgan fingerprint density at radius 1 is 0.471 bits per heavy atom. The highest BCUT2D eigenvalue weighted by Gasteiger charge is 2.51. The number of amides is 1. The smallest absolute Gasteiger partial charge is 0.220 e. The Kier molecular flexibility index (Phi) is 38.5. The van der Waals surface area contributed by atoms with E-state index < -0.39 is 86.8 Å². The van der Waals surface area contributed by atoms with Gasteiger partial charge in [-0.15, -0.1) is 0 Å². The molecule has 0 aliphatic carbocycles. The van der Waals surface area contributed by atoms with Crippen molar-refractivity contribution in [2.75, 3.05) is 19.8 Å². The summed E-state index contributed by atoms with van der Waals surface area (Å²) in [6.07, 6.45) is 28.6. The summed E-state index contributed by atoms with van der Waals surface area (Å²) < 4.78 is 22.6. The van der Waals surface area contributed by atoms with Gasteiger partial charge in [-0.1, -0.05) is 226 Å². The quantitative estimate of drug-likeness (QED) is 0.0261. The van der Waals surface area contributed by atoms with Crippen LogP contribution >= 0.6 is 0 Å². The highest BCUT2D eigenvalue weighted by molar-refractivity contribution is 5.76. The van der Waals surface area contributed by atoms with Crippen molar-refractivity contribution in [3.8, 4) is 0 Å². The van der Waals surface area contributed by atoms with Crippen LogP contribution in [-0.2, 0) is 23.7 Å². The van der Waals surface area contributed by atoms with Crippen molar-refractivity contribution in [2.45, 2.75) is 319 Å². The number of carbonyl (C=O) groups is 1. The molecule has 2 aliphatic rings. The molecule has 0 aromatic carbocycles. The van der Waals surface area contributed by atoms with Crippen LogP contribution < -0.4 is 5.32 Å². The van der Waals surface area contributed by atoms with E-state index in [4.69, 9.17) is 18.9 Å². The van der Waals surface area contributed by atoms with Gasteiger partial charge in [-0.3, -0.25) is 4.79 Å². The minimum Gasteiger partial charge on any atom is -0.394 e. The fourth-order valence-electron chi connectivity index (χ4n) is 9.69. The van der Waals surface area contributed by atoms with E-state index in [1.807, 2.05) is 6.92 Å². The molecule has 2 aliphatic heterocycles. The molecule has 0 saturated carbocycles. The maximum Gasteiger partial charge on any atom is 0.220 e. The van der Waals surface area contributed by atoms with Crippen molar-refractivity contribution in [1.29, 1.82) is 0 Å². The highest BCUT2D eigenvalue weighted by atomic mass is 16.7. The Labute approximate surface area is 413 Å². The van der Waals surface area contributed by atoms with Crippen LogP contribution in [0.3, 0.4) is 0 Å². The maximum absolute atomic E-state index is 12.7. The molecular formula is C54H105NO13. The summed E-state index contributed by atoms with van der Waals surface area (Å²) in [6, 6.07) is -0.818. The molecule has 0 radical (unpaired) electrons. The van der Waals surface area contributed by atoms with Crippen molar-refractivity contribution in [3.63, 3.8) is 0 Å². The van der Waals surface area contributed by atoms with Crippen LogP contribution in [0.2, 0.25) is 0 Å². The molecule has 0 aromatic rings. The van der Waals surface area contributed by atoms with Crippen LogP contribution in [-0.4, -0.2) is 140 Å². The molecule has 12 unspecified atom stereocenters. The number of hydrogen-bond acceptors (Lipinski definition) is 13. The van der Waals surface area contributed by atoms with Crippen molar-refractivity contribution in [3.05, 3.63) is 0 Å². The van der Waals surface area contributed by atoms with Gasteiger partial charge in [-0.2, -0.15) is 0 Å². The normalized spacial score (nSPS) is 26.3. The van der Waals surface area contributed by atoms with Crippen LogP contribution in [0.25, 0.3) is 0 Å². The number of aliphatic hydroxyl groups is 8. The van der Waals surface area contributed by atoms with Gasteiger partial charge in [0.2, 0.25) is 5.91 Å². The molecule has 1 amide bonds. The number of ether oxygens (including phenoxy) is 4. The van der Waals surface area contributed by atoms with Gasteiger partial charge in [0.25, 0.3) is 0 Å². The zero-order chi connectivity index (χ0) is 49.6. The van der Waals surface area contributed by atoms with Crippen molar-refractivity contribution in [2.24, 2.45) is 0 Å². The molecule has 14 nitrogen and oxygen atoms in total. The number of rotatable bonds is 45. The zero-order valence-corrected chi connectivity index (χ0v) is 43.1. The van der Waals surface area contributed by atoms with E-state index in [-0.39, 0.29) is 18.9 Å². The minimum absolute atomic E-state index is 0.239. The molecule has 68 heavy (non-hydrogen) atoms. The van der Waals surface area contributed by atoms with Gasteiger partial charge in [0.15, 0.2) is 12.6 Å². The lowest BCUT2D eigenvalue weighted by molar-refractivity contribution is -0.359. The molecule has 9 N–H and O–H groups in total. The summed E-state index contributed by atoms with van der Waals surface area (Å²) in [5.74, 6) is -0.239. The van der Waals surface area contributed by atoms with Crippen LogP contribution in [0.5, 0.6) is 0 Å². The molecule has 2 rings (SSSR count). The zero-order valence-electron chi connectivity index (χ0n) is 43.1. The Balaban J connectivity index is 1.50. The first-order valence-electron chi connectivity index (χ1n) is 28.3. The predicted molar refractivity (Wildman–Crippen MR) is 268 cm³/mol. The Morgan fingerprint density at radius 2 is 0.838 bits per heavy atom. The van der Waals surface area contributed by atoms with E-state index >= 15 is 0 Å². The Hall–Kier alpha value is -1.01. The first kappa shape index (κ1) is 63.1. The number of unbranched alkanes of at least 4 members (excludes halogenated alkanes) is 32. The van der Waals surface area contributed by atoms with Gasteiger partial charge < -0.3 is 65.1 Å². The van der Waals surface area contributed by atoms with Crippen LogP contribution in [0.15, 0.2) is 0 Å². The van der Waals surface area contributed by atoms with E-state index in [0.29, 0.717) is 12.8 Å². The van der Waals surface area contributed by atoms with Gasteiger partial charge in [0.05, 0.1) is 32.0 Å². The fourth-order valence-corrected chi connectivity index (χ4v) is 9.69. The molecule has 12 atom stereocenters. The second-order valence-electron chi connectivity index (χ2n) is 20.4. The van der Waals surface area contributed by atoms with E-state index in [0.717, 1.165) is 32.1 Å². The summed E-state index contributed by atoms with van der Waals surface area (Å²) in [5.41, 5.74) is 0. The van der Waals surface area contributed by atoms with Crippen molar-refractivity contribution >= 4 is 5.91 Å². The van der Waals surface area contributed by atoms with Gasteiger partial charge in [0, 0.05) is 6.42 Å². The molecule has 0 aromatic heterocycles. The number of hydrogen-bond donors (Lipinski definition) is 9. The third-order valence-corrected chi connectivity index (χ3v) is 14.3. The first-order chi connectivity index (χ1) is 33.1. The fraction of sp³-hybridized carbons (Fsp3) is 0.981. The summed E-state index contributed by atoms with van der Waals surface area (Å²) in [5, 5.41) is 86.2. The van der Waals surface area contributed by atoms with Gasteiger partial charge in [0.1, 0.15) is 48.8 Å². The predicted octanol–water partition coefficient (Wildman–Crippen LogP) is 8.56. The Bertz CT molecular complexity index is 1150. The molecule has 2 saturated heterocycles. The van der Waals surface area contributed by atoms with E-state index in [1.54, 1.807) is 0 Å². The third-order valence-electron chi connectivity index (χ3n) is 14.3. The lowest BCUT2D eigenvalue weighted by Gasteiger charge is -2.46. The largest absolute Gasteiger partial charge is 0.394 e. The lowest BCUT2D eigenvalue weighted by atomic mass is 9.97. The summed E-state index contributed by atoms with van der Waals surface area (Å²) in [4.78, 5) is 12.7. The molecular weight excluding hydrogens is 871 g/mol. The van der Waals surface area contributed by atoms with Crippen LogP contribution in [0.1, 0.15) is 245 Å². The summed E-state index contributed by atoms with van der Waals surface area (Å²) >= 11 is 0. The number of nitrogens with one attached hydrogen (secondary N) is 1. The Morgan fingerprint density at radius 3 is 1.24 bits per heavy atom. The van der Waals surface area contributed by atoms with Crippen molar-refractivity contribution < 1.29 is 64.6 Å². The van der Waals surface area contributed by atoms with Gasteiger partial charge >= 0.3 is 0 Å². The SMILES string of the molecule is CCCCCCCCCCCCCCCCCCCCCCCCCCCCCCCCCCC(O)C(COC1OC(CO)C(OC2OC(CO)C(O)C(O)C2O)C(O)C1O)NC(=O)CCCC. The monoisotopic (exact) mass is 976 g/mol. The summed E-state index contributed by atoms with van der Waals surface area (Å²) in [6.45, 7) is 2.62. The van der Waals surface area contributed by atoms with E-state index in [2.05, 4.69) is 12.2 Å². The minimum atomic E-state index is -1.78. The topological polar surface area (TPSA) is 228 Å². The number of carbonyl (C=O) groups excluding carboxylic acids is 1. The van der Waals surface area contributed by atoms with Crippen LogP contribution in [0, 0.1) is 0 Å². The second kappa shape index (κ2) is 41.5. The van der Waals surface area contributed by atoms with E-state index in [1.165, 1.54) is 180 Å². The molecule has 0 bridgehead atoms. The molecule has 14 heteroatoms. The average Bonchev–Trinajstić information content (AvgIpc) is 3.34. The third kappa shape index (κ3) is 27.7. The van der Waals surface area contributed by atoms with Gasteiger partial charge in [-0.25, -0.2) is 0 Å². The maximum atomic E-state index is 12.7. The molecule has 404 valence electrons. The second-order valence-corrected chi connectivity index (χ2v) is 20.4. The average molecular weight is 976 g/mol. The standard InChI is InChI=1S/C54H105NO13/c1-3-5-7-8-9-10-11-12-13-14-15-16-17-18-19-20-21-22-23-24-25-26-27-28-29-30-31-32-33-34-35-36-37-43(58)42(55-46(59)38-6-4-2)41-65-53-51(64)49(62)52(45(40-57)67-53)68-54-50(63)48(61)47(60)44(39-56)66-54/h42-45,47-54,56-58,60-64H,3-41H2,1-2H3,(H,55,59). The van der Waals surface area contributed by atoms with Crippen LogP contribution in [0.4, 0.5) is 0 Å². The number of aliphatic hydroxyl groups excluding tert-OH is 8. The molecule has 2 heterocycles. The van der Waals surface area contributed by atoms with E-state index in [9.17, 15) is 45.6 Å². The molecule has 0 spiro atoms. The highest BCUT2D eigenvalue weighted by Crippen LogP contribution is 2.30. The summed E-state index contributed by atoms with van der Waals surface area (Å²) in [7, 11) is 0. The molecule has 2 fully saturated rings. The van der Waals surface area contributed by atoms with Crippen molar-refractivity contribution in [1.82, 2.24) is 5.32 Å². The van der Waals surface area contributed by atoms with Gasteiger partial charge in [-0.05, 0) is 12.8 Å². The lowest BCUT2D eigenvalue weighted by Crippen LogP contribution is -2.65. The first-order valence-corrected chi connectivity index (χ1v) is 28.3.